The van der Waals surface area contributed by atoms with Gasteiger partial charge in [0.2, 0.25) is 0 Å². The second kappa shape index (κ2) is 21.8. The Morgan fingerprint density at radius 3 is 1.28 bits per heavy atom. The van der Waals surface area contributed by atoms with Crippen LogP contribution < -0.4 is 0 Å². The van der Waals surface area contributed by atoms with Crippen LogP contribution in [0.4, 0.5) is 0 Å². The monoisotopic (exact) mass is 1060 g/mol. The summed E-state index contributed by atoms with van der Waals surface area (Å²) in [7, 11) is 0. The van der Waals surface area contributed by atoms with Crippen molar-refractivity contribution < 1.29 is 108 Å². The van der Waals surface area contributed by atoms with Crippen LogP contribution in [0.5, 0.6) is 0 Å². The lowest BCUT2D eigenvalue weighted by Crippen LogP contribution is -2.67. The number of aliphatic hydroxyl groups excluding tert-OH is 10. The minimum atomic E-state index is -2.03. The van der Waals surface area contributed by atoms with E-state index in [0.717, 1.165) is 32.3 Å². The Morgan fingerprint density at radius 1 is 0.395 bits per heavy atom. The number of benzene rings is 6. The lowest BCUT2D eigenvalue weighted by molar-refractivity contribution is -0.383. The van der Waals surface area contributed by atoms with Gasteiger partial charge in [-0.3, -0.25) is 0 Å². The van der Waals surface area contributed by atoms with Crippen LogP contribution in [0.2, 0.25) is 0 Å². The third-order valence-electron chi connectivity index (χ3n) is 14.7. The zero-order valence-corrected chi connectivity index (χ0v) is 40.1. The highest BCUT2D eigenvalue weighted by Gasteiger charge is 2.57. The van der Waals surface area contributed by atoms with Crippen LogP contribution in [0.1, 0.15) is 20.7 Å². The zero-order chi connectivity index (χ0) is 53.1. The average molecular weight is 1060 g/mol. The number of rotatable bonds is 6. The predicted molar refractivity (Wildman–Crippen MR) is 260 cm³/mol. The number of aliphatic hydroxyl groups is 10. The van der Waals surface area contributed by atoms with Crippen LogP contribution in [0.25, 0.3) is 43.1 Å². The molecule has 22 heteroatoms. The first-order valence-electron chi connectivity index (χ1n) is 24.8. The molecule has 0 amide bonds. The summed E-state index contributed by atoms with van der Waals surface area (Å²) in [5, 5.41) is 119. The Balaban J connectivity index is 0.984. The van der Waals surface area contributed by atoms with Gasteiger partial charge in [0.05, 0.1) is 37.6 Å². The summed E-state index contributed by atoms with van der Waals surface area (Å²) < 4.78 is 59.9. The van der Waals surface area contributed by atoms with Crippen LogP contribution in [0, 0.1) is 0 Å². The summed E-state index contributed by atoms with van der Waals surface area (Å²) >= 11 is 0. The standard InChI is InChI=1S/C54H56O22/c55-19-33-38(58)45-43(63)51(69-33)68-22-36-40(60)47(73-49(65)29-11-9-27-13-23-5-1-3-7-25(23)15-31(27)17-29)48(74-50(66)30-12-10-28-14-24-6-2-4-8-26(24)16-32(28)18-30)54(72-36)76-46-39(59)34(20-56)70-52(44(46)64)67-21-35-37(57)41(61)42(62)53(71-35)75-45/h1-18,33-48,51-64H,19-22H2/t33-,34-,35-,36-,37-,38-,39-,40-,41+,42-,43-,44-,45+,46+,47+,48-,51+,52+,53-,54-/m1/s1. The number of hydrogen-bond acceptors (Lipinski definition) is 22. The van der Waals surface area contributed by atoms with Gasteiger partial charge in [0, 0.05) is 0 Å². The Bertz CT molecular complexity index is 3070. The van der Waals surface area contributed by atoms with E-state index in [9.17, 15) is 60.7 Å². The smallest absolute Gasteiger partial charge is 0.338 e. The van der Waals surface area contributed by atoms with Gasteiger partial charge < -0.3 is 98.4 Å². The van der Waals surface area contributed by atoms with Gasteiger partial charge in [-0.1, -0.05) is 60.7 Å². The van der Waals surface area contributed by atoms with Crippen LogP contribution in [-0.4, -0.2) is 212 Å². The topological polar surface area (TPSA) is 329 Å². The number of carbonyl (C=O) groups excluding carboxylic acids is 2. The van der Waals surface area contributed by atoms with Gasteiger partial charge in [-0.2, -0.15) is 0 Å². The van der Waals surface area contributed by atoms with E-state index in [2.05, 4.69) is 0 Å². The van der Waals surface area contributed by atoms with Gasteiger partial charge in [0.25, 0.3) is 0 Å². The van der Waals surface area contributed by atoms with Crippen molar-refractivity contribution >= 4 is 55.0 Å². The Morgan fingerprint density at radius 2 is 0.803 bits per heavy atom. The summed E-state index contributed by atoms with van der Waals surface area (Å²) in [6, 6.07) is 32.5. The molecule has 0 unspecified atom stereocenters. The molecule has 11 rings (SSSR count). The second-order valence-corrected chi connectivity index (χ2v) is 19.6. The third-order valence-corrected chi connectivity index (χ3v) is 14.7. The van der Waals surface area contributed by atoms with Gasteiger partial charge in [-0.15, -0.1) is 0 Å². The van der Waals surface area contributed by atoms with E-state index in [1.165, 1.54) is 12.1 Å². The average Bonchev–Trinajstić information content (AvgIpc) is 3.43. The molecule has 5 aliphatic rings. The molecule has 0 aliphatic carbocycles. The van der Waals surface area contributed by atoms with Crippen molar-refractivity contribution in [3.8, 4) is 0 Å². The first-order valence-corrected chi connectivity index (χ1v) is 24.8. The highest BCUT2D eigenvalue weighted by atomic mass is 16.8. The number of hydrogen-bond donors (Lipinski definition) is 10. The fraction of sp³-hybridized carbons (Fsp3) is 0.444. The molecule has 5 saturated heterocycles. The van der Waals surface area contributed by atoms with E-state index >= 15 is 0 Å². The summed E-state index contributed by atoms with van der Waals surface area (Å²) in [5.41, 5.74) is 0.0125. The minimum Gasteiger partial charge on any atom is -0.452 e. The molecule has 76 heavy (non-hydrogen) atoms. The summed E-state index contributed by atoms with van der Waals surface area (Å²) in [6.45, 7) is -3.32. The second-order valence-electron chi connectivity index (χ2n) is 19.6. The summed E-state index contributed by atoms with van der Waals surface area (Å²) in [5.74, 6) is -2.04. The summed E-state index contributed by atoms with van der Waals surface area (Å²) in [6.07, 6.45) is -37.3. The van der Waals surface area contributed by atoms with E-state index in [-0.39, 0.29) is 11.1 Å². The first-order chi connectivity index (χ1) is 36.7. The molecule has 0 saturated carbocycles. The number of carbonyl (C=O) groups is 2. The summed E-state index contributed by atoms with van der Waals surface area (Å²) in [4.78, 5) is 29.1. The van der Waals surface area contributed by atoms with Gasteiger partial charge in [0.1, 0.15) is 85.5 Å². The largest absolute Gasteiger partial charge is 0.452 e. The van der Waals surface area contributed by atoms with Gasteiger partial charge in [0.15, 0.2) is 37.4 Å². The molecule has 0 aromatic heterocycles. The maximum atomic E-state index is 14.6. The predicted octanol–water partition coefficient (Wildman–Crippen LogP) is -0.361. The van der Waals surface area contributed by atoms with E-state index in [0.29, 0.717) is 10.8 Å². The molecule has 8 bridgehead atoms. The maximum absolute atomic E-state index is 14.6. The fourth-order valence-electron chi connectivity index (χ4n) is 10.5. The lowest BCUT2D eigenvalue weighted by atomic mass is 9.95. The molecule has 22 nitrogen and oxygen atoms in total. The minimum absolute atomic E-state index is 0.00234. The number of ether oxygens (including phenoxy) is 10. The van der Waals surface area contributed by atoms with Crippen molar-refractivity contribution in [2.75, 3.05) is 26.4 Å². The van der Waals surface area contributed by atoms with Crippen molar-refractivity contribution in [2.45, 2.75) is 123 Å². The molecule has 6 aromatic carbocycles. The third kappa shape index (κ3) is 10.0. The van der Waals surface area contributed by atoms with Crippen molar-refractivity contribution in [3.05, 3.63) is 120 Å². The zero-order valence-electron chi connectivity index (χ0n) is 40.1. The SMILES string of the molecule is O=C(O[C@H]1[C@H]2O[C@@H]3[C@@H](O)[C@@H](OC[C@H]4O[C@H](O[C@@H]5[C@@H](O)[C@@H](OC[C@@H](O2)[C@@H](O)[C@@H]1OC(=O)c1ccc2cc6ccccc6cc2c1)O[C@H](CO)[C@H]5O)[C@H](O)[C@@H](O)[C@@H]4O)O[C@H](CO)[C@H]3O)c1ccc2cc3ccccc3cc2c1. The lowest BCUT2D eigenvalue weighted by Gasteiger charge is -2.49. The molecular formula is C54H56O22. The molecular weight excluding hydrogens is 1000 g/mol. The van der Waals surface area contributed by atoms with Crippen molar-refractivity contribution in [2.24, 2.45) is 0 Å². The van der Waals surface area contributed by atoms with Crippen molar-refractivity contribution in [1.82, 2.24) is 0 Å². The Labute approximate surface area is 431 Å². The highest BCUT2D eigenvalue weighted by Crippen LogP contribution is 2.37. The molecule has 404 valence electrons. The molecule has 5 heterocycles. The fourth-order valence-corrected chi connectivity index (χ4v) is 10.5. The van der Waals surface area contributed by atoms with Crippen molar-refractivity contribution in [1.29, 1.82) is 0 Å². The highest BCUT2D eigenvalue weighted by molar-refractivity contribution is 6.03. The van der Waals surface area contributed by atoms with Crippen LogP contribution in [0.3, 0.4) is 0 Å². The van der Waals surface area contributed by atoms with E-state index in [1.807, 2.05) is 72.8 Å². The van der Waals surface area contributed by atoms with Crippen molar-refractivity contribution in [3.63, 3.8) is 0 Å². The number of esters is 2. The normalized spacial score (nSPS) is 37.3. The molecule has 6 aromatic rings. The van der Waals surface area contributed by atoms with Gasteiger partial charge in [-0.25, -0.2) is 9.59 Å². The van der Waals surface area contributed by atoms with Gasteiger partial charge >= 0.3 is 11.9 Å². The van der Waals surface area contributed by atoms with E-state index < -0.39 is 161 Å². The van der Waals surface area contributed by atoms with Crippen LogP contribution in [0.15, 0.2) is 109 Å². The van der Waals surface area contributed by atoms with Gasteiger partial charge in [-0.05, 0) is 91.6 Å². The number of fused-ring (bicyclic) bond motifs is 12. The maximum Gasteiger partial charge on any atom is 0.338 e. The first kappa shape index (κ1) is 52.6. The molecule has 5 fully saturated rings. The van der Waals surface area contributed by atoms with E-state index in [4.69, 9.17) is 47.4 Å². The van der Waals surface area contributed by atoms with Crippen LogP contribution >= 0.6 is 0 Å². The Hall–Kier alpha value is -5.42. The van der Waals surface area contributed by atoms with Crippen LogP contribution in [-0.2, 0) is 47.4 Å². The molecule has 20 atom stereocenters. The quantitative estimate of drug-likeness (QED) is 0.0752. The molecule has 5 aliphatic heterocycles. The Kier molecular flexibility index (Phi) is 15.1. The molecule has 0 spiro atoms. The molecule has 10 N–H and O–H groups in total. The van der Waals surface area contributed by atoms with E-state index in [1.54, 1.807) is 24.3 Å². The molecule has 0 radical (unpaired) electrons.